The second-order valence-electron chi connectivity index (χ2n) is 7.04. The number of nitrogens with zero attached hydrogens (tertiary/aromatic N) is 2. The number of rotatable bonds is 8. The van der Waals surface area contributed by atoms with Crippen molar-refractivity contribution in [3.05, 3.63) is 60.2 Å². The molecule has 0 spiro atoms. The molecule has 0 aromatic heterocycles. The quantitative estimate of drug-likeness (QED) is 0.586. The summed E-state index contributed by atoms with van der Waals surface area (Å²) in [5.74, 6) is 0. The lowest BCUT2D eigenvalue weighted by molar-refractivity contribution is -0.137. The first-order valence-corrected chi connectivity index (χ1v) is 9.63. The van der Waals surface area contributed by atoms with Crippen molar-refractivity contribution in [2.45, 2.75) is 6.18 Å². The Labute approximate surface area is 179 Å². The molecule has 2 aromatic rings. The number of carbonyl (C=O) groups excluding carboxylic acids is 2. The lowest BCUT2D eigenvalue weighted by Crippen LogP contribution is -2.44. The van der Waals surface area contributed by atoms with E-state index in [4.69, 9.17) is 0 Å². The van der Waals surface area contributed by atoms with E-state index < -0.39 is 23.8 Å². The summed E-state index contributed by atoms with van der Waals surface area (Å²) in [6.07, 6.45) is -4.44. The van der Waals surface area contributed by atoms with Crippen LogP contribution >= 0.6 is 0 Å². The fourth-order valence-electron chi connectivity index (χ4n) is 2.58. The summed E-state index contributed by atoms with van der Waals surface area (Å²) >= 11 is 0. The summed E-state index contributed by atoms with van der Waals surface area (Å²) in [6.45, 7) is 1.38. The lowest BCUT2D eigenvalue weighted by Gasteiger charge is -2.25. The molecule has 3 N–H and O–H groups in total. The molecule has 2 rings (SSSR count). The van der Waals surface area contributed by atoms with Crippen LogP contribution in [-0.2, 0) is 6.18 Å². The lowest BCUT2D eigenvalue weighted by atomic mass is 10.2. The van der Waals surface area contributed by atoms with E-state index in [1.165, 1.54) is 17.0 Å². The highest BCUT2D eigenvalue weighted by Gasteiger charge is 2.30. The molecule has 0 saturated heterocycles. The largest absolute Gasteiger partial charge is 0.416 e. The van der Waals surface area contributed by atoms with Crippen LogP contribution in [0.1, 0.15) is 5.56 Å². The number of alkyl halides is 3. The molecule has 0 bridgehead atoms. The molecule has 0 radical (unpaired) electrons. The molecule has 168 valence electrons. The third kappa shape index (κ3) is 8.55. The Kier molecular flexibility index (Phi) is 8.68. The molecule has 7 nitrogen and oxygen atoms in total. The molecular weight excluding hydrogens is 411 g/mol. The van der Waals surface area contributed by atoms with Gasteiger partial charge in [-0.05, 0) is 50.5 Å². The first-order valence-electron chi connectivity index (χ1n) is 9.63. The average molecular weight is 437 g/mol. The minimum Gasteiger partial charge on any atom is -0.336 e. The van der Waals surface area contributed by atoms with Crippen molar-refractivity contribution >= 4 is 23.4 Å². The van der Waals surface area contributed by atoms with Crippen LogP contribution in [0.15, 0.2) is 54.6 Å². The summed E-state index contributed by atoms with van der Waals surface area (Å²) in [5.41, 5.74) is 0.107. The number of hydrogen-bond donors (Lipinski definition) is 3. The summed E-state index contributed by atoms with van der Waals surface area (Å²) < 4.78 is 38.1. The van der Waals surface area contributed by atoms with E-state index in [9.17, 15) is 22.8 Å². The zero-order valence-electron chi connectivity index (χ0n) is 17.4. The molecule has 0 aliphatic carbocycles. The Morgan fingerprint density at radius 3 is 2.03 bits per heavy atom. The van der Waals surface area contributed by atoms with Gasteiger partial charge in [0.15, 0.2) is 0 Å². The van der Waals surface area contributed by atoms with Crippen molar-refractivity contribution in [2.24, 2.45) is 0 Å². The van der Waals surface area contributed by atoms with Crippen LogP contribution < -0.4 is 16.0 Å². The van der Waals surface area contributed by atoms with E-state index in [0.717, 1.165) is 12.1 Å². The predicted octanol–water partition coefficient (Wildman–Crippen LogP) is 3.92. The SMILES string of the molecule is CN(C)CCN(CCNC(=O)Nc1ccccc1)C(=O)Nc1ccc(C(F)(F)F)cc1. The number of anilines is 2. The van der Waals surface area contributed by atoms with Gasteiger partial charge in [-0.1, -0.05) is 18.2 Å². The standard InChI is InChI=1S/C21H26F3N5O2/c1-28(2)14-15-29(13-12-25-19(30)26-17-6-4-3-5-7-17)20(31)27-18-10-8-16(9-11-18)21(22,23)24/h3-11H,12-15H2,1-2H3,(H,27,31)(H2,25,26,30). The highest BCUT2D eigenvalue weighted by atomic mass is 19.4. The van der Waals surface area contributed by atoms with Gasteiger partial charge in [0.25, 0.3) is 0 Å². The van der Waals surface area contributed by atoms with Crippen LogP contribution in [0, 0.1) is 0 Å². The molecule has 0 aliphatic rings. The topological polar surface area (TPSA) is 76.7 Å². The van der Waals surface area contributed by atoms with Crippen molar-refractivity contribution < 1.29 is 22.8 Å². The van der Waals surface area contributed by atoms with E-state index in [-0.39, 0.29) is 18.8 Å². The van der Waals surface area contributed by atoms with Gasteiger partial charge in [-0.3, -0.25) is 0 Å². The van der Waals surface area contributed by atoms with Crippen LogP contribution in [0.25, 0.3) is 0 Å². The molecule has 0 aliphatic heterocycles. The Balaban J connectivity index is 1.90. The average Bonchev–Trinajstić information content (AvgIpc) is 2.70. The summed E-state index contributed by atoms with van der Waals surface area (Å²) in [7, 11) is 3.72. The van der Waals surface area contributed by atoms with Gasteiger partial charge in [0.05, 0.1) is 5.56 Å². The number of para-hydroxylation sites is 1. The third-order valence-electron chi connectivity index (χ3n) is 4.27. The summed E-state index contributed by atoms with van der Waals surface area (Å²) in [5, 5.41) is 7.96. The Hall–Kier alpha value is -3.27. The molecule has 10 heteroatoms. The van der Waals surface area contributed by atoms with E-state index in [0.29, 0.717) is 18.8 Å². The minimum absolute atomic E-state index is 0.201. The van der Waals surface area contributed by atoms with Crippen molar-refractivity contribution in [2.75, 3.05) is 50.9 Å². The molecule has 0 fully saturated rings. The number of carbonyl (C=O) groups is 2. The number of benzene rings is 2. The number of likely N-dealkylation sites (N-methyl/N-ethyl adjacent to an activating group) is 1. The molecule has 0 heterocycles. The Morgan fingerprint density at radius 2 is 1.45 bits per heavy atom. The first-order chi connectivity index (χ1) is 14.6. The van der Waals surface area contributed by atoms with Crippen LogP contribution in [0.5, 0.6) is 0 Å². The Morgan fingerprint density at radius 1 is 0.839 bits per heavy atom. The third-order valence-corrected chi connectivity index (χ3v) is 4.27. The maximum Gasteiger partial charge on any atom is 0.416 e. The fourth-order valence-corrected chi connectivity index (χ4v) is 2.58. The van der Waals surface area contributed by atoms with Gasteiger partial charge in [0.1, 0.15) is 0 Å². The molecule has 31 heavy (non-hydrogen) atoms. The van der Waals surface area contributed by atoms with Crippen molar-refractivity contribution in [3.8, 4) is 0 Å². The zero-order chi connectivity index (χ0) is 22.9. The van der Waals surface area contributed by atoms with Gasteiger partial charge in [0.2, 0.25) is 0 Å². The summed E-state index contributed by atoms with van der Waals surface area (Å²) in [4.78, 5) is 28.0. The maximum absolute atomic E-state index is 12.7. The van der Waals surface area contributed by atoms with Crippen LogP contribution in [0.3, 0.4) is 0 Å². The zero-order valence-corrected chi connectivity index (χ0v) is 17.4. The minimum atomic E-state index is -4.44. The van der Waals surface area contributed by atoms with Gasteiger partial charge in [-0.25, -0.2) is 9.59 Å². The number of amides is 4. The predicted molar refractivity (Wildman–Crippen MR) is 114 cm³/mol. The van der Waals surface area contributed by atoms with Crippen molar-refractivity contribution in [3.63, 3.8) is 0 Å². The van der Waals surface area contributed by atoms with Crippen molar-refractivity contribution in [1.82, 2.24) is 15.1 Å². The number of hydrogen-bond acceptors (Lipinski definition) is 3. The first kappa shape index (κ1) is 24.0. The second kappa shape index (κ2) is 11.2. The van der Waals surface area contributed by atoms with E-state index in [1.807, 2.05) is 25.1 Å². The number of halogens is 3. The molecule has 0 unspecified atom stereocenters. The normalized spacial score (nSPS) is 11.2. The van der Waals surface area contributed by atoms with Gasteiger partial charge in [-0.2, -0.15) is 13.2 Å². The van der Waals surface area contributed by atoms with E-state index in [2.05, 4.69) is 16.0 Å². The monoisotopic (exact) mass is 437 g/mol. The Bertz CT molecular complexity index is 842. The molecule has 0 saturated carbocycles. The van der Waals surface area contributed by atoms with Crippen LogP contribution in [0.2, 0.25) is 0 Å². The second-order valence-corrected chi connectivity index (χ2v) is 7.04. The van der Waals surface area contributed by atoms with Crippen LogP contribution in [-0.4, -0.2) is 62.1 Å². The number of nitrogens with one attached hydrogen (secondary N) is 3. The van der Waals surface area contributed by atoms with E-state index >= 15 is 0 Å². The molecule has 2 aromatic carbocycles. The van der Waals surface area contributed by atoms with Gasteiger partial charge in [-0.15, -0.1) is 0 Å². The molecule has 4 amide bonds. The van der Waals surface area contributed by atoms with Gasteiger partial charge < -0.3 is 25.8 Å². The summed E-state index contributed by atoms with van der Waals surface area (Å²) in [6, 6.07) is 12.3. The van der Waals surface area contributed by atoms with Gasteiger partial charge >= 0.3 is 18.2 Å². The highest BCUT2D eigenvalue weighted by molar-refractivity contribution is 5.90. The molecular formula is C21H26F3N5O2. The van der Waals surface area contributed by atoms with Crippen LogP contribution in [0.4, 0.5) is 34.1 Å². The maximum atomic E-state index is 12.7. The molecule has 0 atom stereocenters. The fraction of sp³-hybridized carbons (Fsp3) is 0.333. The smallest absolute Gasteiger partial charge is 0.336 e. The highest BCUT2D eigenvalue weighted by Crippen LogP contribution is 2.29. The number of urea groups is 2. The van der Waals surface area contributed by atoms with Gasteiger partial charge in [0, 0.05) is 37.6 Å². The van der Waals surface area contributed by atoms with E-state index in [1.54, 1.807) is 24.3 Å². The van der Waals surface area contributed by atoms with Crippen molar-refractivity contribution in [1.29, 1.82) is 0 Å².